The van der Waals surface area contributed by atoms with Gasteiger partial charge in [-0.1, -0.05) is 36.4 Å². The number of anilines is 1. The molecule has 0 unspecified atom stereocenters. The molecule has 30 heavy (non-hydrogen) atoms. The second-order valence-corrected chi connectivity index (χ2v) is 7.55. The second-order valence-electron chi connectivity index (χ2n) is 7.11. The zero-order valence-electron chi connectivity index (χ0n) is 16.4. The van der Waals surface area contributed by atoms with Crippen molar-refractivity contribution in [2.75, 3.05) is 31.1 Å². The van der Waals surface area contributed by atoms with Gasteiger partial charge >= 0.3 is 6.18 Å². The maximum absolute atomic E-state index is 13.8. The van der Waals surface area contributed by atoms with Crippen LogP contribution in [0.5, 0.6) is 0 Å². The minimum absolute atomic E-state index is 0.0523. The van der Waals surface area contributed by atoms with Crippen molar-refractivity contribution >= 4 is 29.2 Å². The van der Waals surface area contributed by atoms with Gasteiger partial charge in [-0.2, -0.15) is 18.3 Å². The number of nitrogens with two attached hydrogens (primary N) is 1. The number of thiocarbonyl (C=S) groups is 1. The smallest absolute Gasteiger partial charge is 0.375 e. The van der Waals surface area contributed by atoms with Gasteiger partial charge in [-0.15, -0.1) is 0 Å². The topological polar surface area (TPSA) is 56.9 Å². The van der Waals surface area contributed by atoms with Crippen LogP contribution in [-0.4, -0.2) is 42.4 Å². The Labute approximate surface area is 179 Å². The van der Waals surface area contributed by atoms with E-state index in [1.807, 2.05) is 23.1 Å². The first-order valence-electron chi connectivity index (χ1n) is 9.64. The van der Waals surface area contributed by atoms with Crippen molar-refractivity contribution < 1.29 is 13.2 Å². The molecule has 0 bridgehead atoms. The molecule has 1 saturated heterocycles. The van der Waals surface area contributed by atoms with Crippen LogP contribution in [0.25, 0.3) is 0 Å². The van der Waals surface area contributed by atoms with E-state index < -0.39 is 11.7 Å². The fourth-order valence-electron chi connectivity index (χ4n) is 3.52. The Bertz CT molecular complexity index is 886. The molecule has 1 aliphatic rings. The highest BCUT2D eigenvalue weighted by Gasteiger charge is 2.35. The van der Waals surface area contributed by atoms with Gasteiger partial charge in [0.25, 0.3) is 0 Å². The molecule has 3 rings (SSSR count). The largest absolute Gasteiger partial charge is 0.418 e. The molecule has 1 aliphatic heterocycles. The first-order valence-corrected chi connectivity index (χ1v) is 10.0. The molecule has 2 aromatic carbocycles. The van der Waals surface area contributed by atoms with Gasteiger partial charge in [0.15, 0.2) is 5.11 Å². The Kier molecular flexibility index (Phi) is 7.28. The normalized spacial score (nSPS) is 15.9. The monoisotopic (exact) mass is 435 g/mol. The van der Waals surface area contributed by atoms with Gasteiger partial charge in [-0.25, -0.2) is 0 Å². The lowest BCUT2D eigenvalue weighted by atomic mass is 10.1. The van der Waals surface area contributed by atoms with Crippen LogP contribution in [0.3, 0.4) is 0 Å². The molecular weight excluding hydrogens is 411 g/mol. The number of alkyl halides is 3. The minimum atomic E-state index is -4.47. The van der Waals surface area contributed by atoms with Crippen LogP contribution in [0.1, 0.15) is 23.1 Å². The molecule has 0 spiro atoms. The number of nitrogens with zero attached hydrogens (tertiary/aromatic N) is 3. The van der Waals surface area contributed by atoms with Crippen molar-refractivity contribution in [3.8, 4) is 0 Å². The summed E-state index contributed by atoms with van der Waals surface area (Å²) in [5.41, 5.74) is 8.66. The third-order valence-electron chi connectivity index (χ3n) is 4.89. The van der Waals surface area contributed by atoms with Gasteiger partial charge in [0, 0.05) is 38.4 Å². The molecule has 5 nitrogen and oxygen atoms in total. The Morgan fingerprint density at radius 3 is 2.57 bits per heavy atom. The van der Waals surface area contributed by atoms with Crippen LogP contribution in [0.2, 0.25) is 0 Å². The standard InChI is InChI=1S/C21H24F3N5S/c22-21(23,24)18-13-17(14-26-27-20(25)30)7-8-19(18)29-10-4-9-28(11-12-29)15-16-5-2-1-3-6-16/h1-3,5-8,13-14H,4,9-12,15H2,(H3,25,27,30)/b26-14+. The minimum Gasteiger partial charge on any atom is -0.375 e. The van der Waals surface area contributed by atoms with Crippen molar-refractivity contribution in [3.05, 3.63) is 65.2 Å². The number of rotatable bonds is 5. The summed E-state index contributed by atoms with van der Waals surface area (Å²) in [6.07, 6.45) is -2.40. The Hall–Kier alpha value is -2.65. The lowest BCUT2D eigenvalue weighted by Gasteiger charge is -2.27. The molecule has 0 saturated carbocycles. The summed E-state index contributed by atoms with van der Waals surface area (Å²) in [7, 11) is 0. The van der Waals surface area contributed by atoms with E-state index in [0.717, 1.165) is 25.6 Å². The highest BCUT2D eigenvalue weighted by Crippen LogP contribution is 2.37. The Morgan fingerprint density at radius 2 is 1.87 bits per heavy atom. The van der Waals surface area contributed by atoms with Gasteiger partial charge in [-0.05, 0) is 41.9 Å². The van der Waals surface area contributed by atoms with Crippen molar-refractivity contribution in [1.82, 2.24) is 10.3 Å². The number of benzene rings is 2. The van der Waals surface area contributed by atoms with Gasteiger partial charge < -0.3 is 10.6 Å². The van der Waals surface area contributed by atoms with Crippen LogP contribution in [0, 0.1) is 0 Å². The van der Waals surface area contributed by atoms with E-state index in [0.29, 0.717) is 25.2 Å². The first-order chi connectivity index (χ1) is 14.3. The third-order valence-corrected chi connectivity index (χ3v) is 4.98. The molecule has 0 aromatic heterocycles. The van der Waals surface area contributed by atoms with E-state index in [9.17, 15) is 13.2 Å². The van der Waals surface area contributed by atoms with Crippen LogP contribution in [0.4, 0.5) is 18.9 Å². The summed E-state index contributed by atoms with van der Waals surface area (Å²) >= 11 is 4.63. The van der Waals surface area contributed by atoms with Crippen molar-refractivity contribution in [2.45, 2.75) is 19.1 Å². The van der Waals surface area contributed by atoms with E-state index in [-0.39, 0.29) is 10.8 Å². The molecule has 0 radical (unpaired) electrons. The van der Waals surface area contributed by atoms with Gasteiger partial charge in [0.2, 0.25) is 0 Å². The summed E-state index contributed by atoms with van der Waals surface area (Å²) < 4.78 is 41.3. The van der Waals surface area contributed by atoms with E-state index in [1.54, 1.807) is 6.07 Å². The van der Waals surface area contributed by atoms with Crippen LogP contribution in [0.15, 0.2) is 53.6 Å². The van der Waals surface area contributed by atoms with Gasteiger partial charge in [-0.3, -0.25) is 10.3 Å². The highest BCUT2D eigenvalue weighted by molar-refractivity contribution is 7.80. The Balaban J connectivity index is 1.75. The Morgan fingerprint density at radius 1 is 1.10 bits per heavy atom. The molecule has 1 heterocycles. The van der Waals surface area contributed by atoms with Crippen LogP contribution >= 0.6 is 12.2 Å². The number of nitrogens with one attached hydrogen (secondary N) is 1. The maximum Gasteiger partial charge on any atom is 0.418 e. The van der Waals surface area contributed by atoms with Gasteiger partial charge in [0.1, 0.15) is 0 Å². The fraction of sp³-hybridized carbons (Fsp3) is 0.333. The summed E-state index contributed by atoms with van der Waals surface area (Å²) in [6.45, 7) is 3.46. The van der Waals surface area contributed by atoms with E-state index >= 15 is 0 Å². The zero-order chi connectivity index (χ0) is 21.6. The highest BCUT2D eigenvalue weighted by atomic mass is 32.1. The first kappa shape index (κ1) is 22.0. The molecular formula is C21H24F3N5S. The van der Waals surface area contributed by atoms with Gasteiger partial charge in [0.05, 0.1) is 11.8 Å². The maximum atomic E-state index is 13.8. The quantitative estimate of drug-likeness (QED) is 0.427. The SMILES string of the molecule is NC(=S)N/N=C/c1ccc(N2CCCN(Cc3ccccc3)CC2)c(C(F)(F)F)c1. The molecule has 3 N–H and O–H groups in total. The predicted octanol–water partition coefficient (Wildman–Crippen LogP) is 3.58. The molecule has 160 valence electrons. The van der Waals surface area contributed by atoms with E-state index in [4.69, 9.17) is 5.73 Å². The summed E-state index contributed by atoms with van der Waals surface area (Å²) in [4.78, 5) is 4.10. The lowest BCUT2D eigenvalue weighted by molar-refractivity contribution is -0.137. The summed E-state index contributed by atoms with van der Waals surface area (Å²) in [5.74, 6) is 0. The van der Waals surface area contributed by atoms with Crippen LogP contribution in [-0.2, 0) is 12.7 Å². The summed E-state index contributed by atoms with van der Waals surface area (Å²) in [6, 6.07) is 14.3. The van der Waals surface area contributed by atoms with Crippen LogP contribution < -0.4 is 16.1 Å². The average Bonchev–Trinajstić information content (AvgIpc) is 2.93. The average molecular weight is 436 g/mol. The summed E-state index contributed by atoms with van der Waals surface area (Å²) in [5, 5.41) is 3.69. The lowest BCUT2D eigenvalue weighted by Crippen LogP contribution is -2.31. The molecule has 0 amide bonds. The third kappa shape index (κ3) is 6.17. The number of halogens is 3. The number of hydrogen-bond donors (Lipinski definition) is 2. The molecule has 1 fully saturated rings. The predicted molar refractivity (Wildman–Crippen MR) is 118 cm³/mol. The molecule has 0 aliphatic carbocycles. The second kappa shape index (κ2) is 9.90. The number of hydrogen-bond acceptors (Lipinski definition) is 4. The molecule has 9 heteroatoms. The van der Waals surface area contributed by atoms with Crippen molar-refractivity contribution in [2.24, 2.45) is 10.8 Å². The van der Waals surface area contributed by atoms with Crippen molar-refractivity contribution in [3.63, 3.8) is 0 Å². The van der Waals surface area contributed by atoms with E-state index in [1.165, 1.54) is 17.8 Å². The zero-order valence-corrected chi connectivity index (χ0v) is 17.2. The molecule has 0 atom stereocenters. The van der Waals surface area contributed by atoms with E-state index in [2.05, 4.69) is 39.8 Å². The number of hydrazone groups is 1. The fourth-order valence-corrected chi connectivity index (χ4v) is 3.57. The van der Waals surface area contributed by atoms with Crippen molar-refractivity contribution in [1.29, 1.82) is 0 Å². The molecule has 2 aromatic rings.